The summed E-state index contributed by atoms with van der Waals surface area (Å²) < 4.78 is 0. The summed E-state index contributed by atoms with van der Waals surface area (Å²) in [6.45, 7) is 0. The van der Waals surface area contributed by atoms with Crippen LogP contribution in [0.2, 0.25) is 0 Å². The van der Waals surface area contributed by atoms with Crippen molar-refractivity contribution in [3.63, 3.8) is 0 Å². The number of fused-ring (bicyclic) bond motifs is 1. The molecule has 1 N–H and O–H groups in total. The molecule has 23 heavy (non-hydrogen) atoms. The Morgan fingerprint density at radius 3 is 2.26 bits per heavy atom. The first kappa shape index (κ1) is 13.3. The van der Waals surface area contributed by atoms with Crippen LogP contribution in [0.3, 0.4) is 0 Å². The van der Waals surface area contributed by atoms with Crippen molar-refractivity contribution in [3.05, 3.63) is 67.3 Å². The molecule has 1 aromatic carbocycles. The lowest BCUT2D eigenvalue weighted by Gasteiger charge is -2.05. The van der Waals surface area contributed by atoms with Crippen LogP contribution in [0.1, 0.15) is 0 Å². The quantitative estimate of drug-likeness (QED) is 0.614. The third kappa shape index (κ3) is 2.60. The number of aromatic hydroxyl groups is 1. The molecule has 0 spiro atoms. The van der Waals surface area contributed by atoms with Gasteiger partial charge in [-0.15, -0.1) is 0 Å². The average molecular weight is 300 g/mol. The number of phenolic OH excluding ortho intramolecular Hbond substituents is 1. The second kappa shape index (κ2) is 5.46. The Labute approximate surface area is 132 Å². The number of nitrogens with zero attached hydrogens (tertiary/aromatic N) is 4. The topological polar surface area (TPSA) is 71.8 Å². The molecule has 0 bridgehead atoms. The Morgan fingerprint density at radius 2 is 1.48 bits per heavy atom. The summed E-state index contributed by atoms with van der Waals surface area (Å²) in [4.78, 5) is 17.4. The molecule has 3 aromatic heterocycles. The zero-order valence-electron chi connectivity index (χ0n) is 12.1. The third-order valence-corrected chi connectivity index (χ3v) is 3.57. The second-order valence-electron chi connectivity index (χ2n) is 5.10. The highest BCUT2D eigenvalue weighted by Gasteiger charge is 2.06. The van der Waals surface area contributed by atoms with E-state index in [1.165, 1.54) is 0 Å². The molecule has 0 amide bonds. The second-order valence-corrected chi connectivity index (χ2v) is 5.10. The molecule has 0 fully saturated rings. The summed E-state index contributed by atoms with van der Waals surface area (Å²) in [5, 5.41) is 9.38. The lowest BCUT2D eigenvalue weighted by atomic mass is 10.1. The molecule has 0 saturated heterocycles. The van der Waals surface area contributed by atoms with E-state index in [-0.39, 0.29) is 5.75 Å². The smallest absolute Gasteiger partial charge is 0.159 e. The lowest BCUT2D eigenvalue weighted by molar-refractivity contribution is 0.475. The molecule has 0 saturated carbocycles. The maximum absolute atomic E-state index is 9.38. The van der Waals surface area contributed by atoms with E-state index in [0.717, 1.165) is 27.7 Å². The number of aromatic nitrogens is 4. The van der Waals surface area contributed by atoms with E-state index < -0.39 is 0 Å². The molecule has 4 aromatic rings. The Kier molecular flexibility index (Phi) is 3.16. The van der Waals surface area contributed by atoms with Crippen molar-refractivity contribution in [2.45, 2.75) is 0 Å². The highest BCUT2D eigenvalue weighted by Crippen LogP contribution is 2.23. The van der Waals surface area contributed by atoms with Gasteiger partial charge in [0.1, 0.15) is 11.3 Å². The first-order valence-corrected chi connectivity index (χ1v) is 7.12. The number of rotatable bonds is 2. The zero-order valence-corrected chi connectivity index (χ0v) is 12.1. The van der Waals surface area contributed by atoms with Gasteiger partial charge in [-0.25, -0.2) is 9.97 Å². The highest BCUT2D eigenvalue weighted by molar-refractivity contribution is 5.81. The van der Waals surface area contributed by atoms with Crippen LogP contribution >= 0.6 is 0 Å². The van der Waals surface area contributed by atoms with Crippen molar-refractivity contribution < 1.29 is 5.11 Å². The largest absolute Gasteiger partial charge is 0.508 e. The van der Waals surface area contributed by atoms with Crippen LogP contribution in [-0.4, -0.2) is 25.0 Å². The van der Waals surface area contributed by atoms with Crippen LogP contribution in [0.15, 0.2) is 67.3 Å². The van der Waals surface area contributed by atoms with E-state index in [0.29, 0.717) is 5.82 Å². The summed E-state index contributed by atoms with van der Waals surface area (Å²) in [6.07, 6.45) is 7.02. The van der Waals surface area contributed by atoms with Gasteiger partial charge in [0.2, 0.25) is 0 Å². The maximum Gasteiger partial charge on any atom is 0.159 e. The van der Waals surface area contributed by atoms with Crippen molar-refractivity contribution >= 4 is 11.0 Å². The fourth-order valence-electron chi connectivity index (χ4n) is 2.37. The molecule has 5 nitrogen and oxygen atoms in total. The molecule has 0 aliphatic rings. The monoisotopic (exact) mass is 300 g/mol. The van der Waals surface area contributed by atoms with Gasteiger partial charge in [0, 0.05) is 29.7 Å². The zero-order chi connectivity index (χ0) is 15.6. The Morgan fingerprint density at radius 1 is 0.696 bits per heavy atom. The van der Waals surface area contributed by atoms with Crippen LogP contribution in [0.25, 0.3) is 33.5 Å². The standard InChI is InChI=1S/C18H12N4O/c23-15-3-1-13(2-4-15)18-21-11-17-16(22-18)9-14(10-20-17)12-5-7-19-8-6-12/h1-11,23H. The molecule has 0 aliphatic heterocycles. The lowest BCUT2D eigenvalue weighted by Crippen LogP contribution is -1.92. The minimum absolute atomic E-state index is 0.219. The summed E-state index contributed by atoms with van der Waals surface area (Å²) >= 11 is 0. The van der Waals surface area contributed by atoms with Crippen molar-refractivity contribution in [2.24, 2.45) is 0 Å². The molecular weight excluding hydrogens is 288 g/mol. The maximum atomic E-state index is 9.38. The Balaban J connectivity index is 1.82. The molecule has 0 atom stereocenters. The van der Waals surface area contributed by atoms with Crippen LogP contribution < -0.4 is 0 Å². The fraction of sp³-hybridized carbons (Fsp3) is 0. The van der Waals surface area contributed by atoms with Gasteiger partial charge in [0.15, 0.2) is 5.82 Å². The van der Waals surface area contributed by atoms with E-state index >= 15 is 0 Å². The summed E-state index contributed by atoms with van der Waals surface area (Å²) in [5.41, 5.74) is 4.39. The fourth-order valence-corrected chi connectivity index (χ4v) is 2.37. The van der Waals surface area contributed by atoms with Gasteiger partial charge in [-0.2, -0.15) is 0 Å². The van der Waals surface area contributed by atoms with Gasteiger partial charge < -0.3 is 5.11 Å². The summed E-state index contributed by atoms with van der Waals surface area (Å²) in [7, 11) is 0. The molecule has 0 aliphatic carbocycles. The van der Waals surface area contributed by atoms with Crippen molar-refractivity contribution in [3.8, 4) is 28.3 Å². The van der Waals surface area contributed by atoms with E-state index in [4.69, 9.17) is 0 Å². The molecular formula is C18H12N4O. The molecule has 0 radical (unpaired) electrons. The predicted molar refractivity (Wildman–Crippen MR) is 87.7 cm³/mol. The van der Waals surface area contributed by atoms with Gasteiger partial charge in [-0.3, -0.25) is 9.97 Å². The third-order valence-electron chi connectivity index (χ3n) is 3.57. The number of phenols is 1. The Bertz CT molecular complexity index is 969. The van der Waals surface area contributed by atoms with E-state index in [1.807, 2.05) is 18.2 Å². The minimum atomic E-state index is 0.219. The van der Waals surface area contributed by atoms with Gasteiger partial charge in [-0.1, -0.05) is 0 Å². The van der Waals surface area contributed by atoms with Crippen LogP contribution in [0, 0.1) is 0 Å². The van der Waals surface area contributed by atoms with E-state index in [1.54, 1.807) is 49.1 Å². The summed E-state index contributed by atoms with van der Waals surface area (Å²) in [5.74, 6) is 0.822. The minimum Gasteiger partial charge on any atom is -0.508 e. The molecule has 5 heteroatoms. The SMILES string of the molecule is Oc1ccc(-c2ncc3ncc(-c4ccncc4)cc3n2)cc1. The van der Waals surface area contributed by atoms with Crippen LogP contribution in [0.5, 0.6) is 5.75 Å². The molecule has 3 heterocycles. The van der Waals surface area contributed by atoms with E-state index in [9.17, 15) is 5.11 Å². The molecule has 0 unspecified atom stereocenters. The van der Waals surface area contributed by atoms with Gasteiger partial charge in [-0.05, 0) is 48.0 Å². The van der Waals surface area contributed by atoms with Gasteiger partial charge in [0.25, 0.3) is 0 Å². The number of pyridine rings is 2. The first-order valence-electron chi connectivity index (χ1n) is 7.12. The van der Waals surface area contributed by atoms with Crippen molar-refractivity contribution in [2.75, 3.05) is 0 Å². The van der Waals surface area contributed by atoms with Gasteiger partial charge in [0.05, 0.1) is 11.7 Å². The number of benzene rings is 1. The van der Waals surface area contributed by atoms with Crippen LogP contribution in [-0.2, 0) is 0 Å². The first-order chi connectivity index (χ1) is 11.3. The highest BCUT2D eigenvalue weighted by atomic mass is 16.3. The Hall–Kier alpha value is -3.34. The van der Waals surface area contributed by atoms with Crippen molar-refractivity contribution in [1.29, 1.82) is 0 Å². The number of hydrogen-bond acceptors (Lipinski definition) is 5. The molecule has 4 rings (SSSR count). The van der Waals surface area contributed by atoms with Gasteiger partial charge >= 0.3 is 0 Å². The average Bonchev–Trinajstić information content (AvgIpc) is 2.62. The predicted octanol–water partition coefficient (Wildman–Crippen LogP) is 3.46. The van der Waals surface area contributed by atoms with Crippen molar-refractivity contribution in [1.82, 2.24) is 19.9 Å². The van der Waals surface area contributed by atoms with E-state index in [2.05, 4.69) is 19.9 Å². The normalized spacial score (nSPS) is 10.8. The van der Waals surface area contributed by atoms with Crippen LogP contribution in [0.4, 0.5) is 0 Å². The molecule has 110 valence electrons. The number of hydrogen-bond donors (Lipinski definition) is 1. The summed E-state index contributed by atoms with van der Waals surface area (Å²) in [6, 6.07) is 12.7.